The molecule has 0 unspecified atom stereocenters. The van der Waals surface area contributed by atoms with Crippen LogP contribution in [-0.4, -0.2) is 0 Å². The monoisotopic (exact) mass is 731 g/mol. The number of fused-ring (bicyclic) bond motifs is 8. The number of hydrogen-bond donors (Lipinski definition) is 0. The second kappa shape index (κ2) is 13.1. The van der Waals surface area contributed by atoms with E-state index in [-0.39, 0.29) is 10.8 Å². The molecule has 0 atom stereocenters. The van der Waals surface area contributed by atoms with Crippen LogP contribution in [0.1, 0.15) is 61.8 Å². The molecule has 8 aromatic carbocycles. The Labute approximate surface area is 336 Å². The molecule has 0 aromatic heterocycles. The van der Waals surface area contributed by atoms with Gasteiger partial charge in [0.05, 0.1) is 11.4 Å². The third kappa shape index (κ3) is 5.15. The molecule has 8 aromatic rings. The highest BCUT2D eigenvalue weighted by atomic mass is 15.1. The van der Waals surface area contributed by atoms with Gasteiger partial charge in [0.15, 0.2) is 0 Å². The minimum Gasteiger partial charge on any atom is -0.309 e. The molecule has 1 saturated carbocycles. The molecule has 0 aliphatic heterocycles. The first kappa shape index (κ1) is 33.9. The fraction of sp³-hybridized carbons (Fsp3) is 0.143. The van der Waals surface area contributed by atoms with Gasteiger partial charge in [0.1, 0.15) is 0 Å². The van der Waals surface area contributed by atoms with Gasteiger partial charge in [0.2, 0.25) is 0 Å². The topological polar surface area (TPSA) is 3.24 Å². The first-order valence-corrected chi connectivity index (χ1v) is 20.7. The summed E-state index contributed by atoms with van der Waals surface area (Å²) in [6, 6.07) is 70.4. The van der Waals surface area contributed by atoms with Crippen molar-refractivity contribution in [2.45, 2.75) is 50.4 Å². The van der Waals surface area contributed by atoms with Gasteiger partial charge in [-0.15, -0.1) is 0 Å². The van der Waals surface area contributed by atoms with Crippen LogP contribution in [-0.2, 0) is 10.8 Å². The maximum Gasteiger partial charge on any atom is 0.0540 e. The maximum absolute atomic E-state index is 2.51. The van der Waals surface area contributed by atoms with Crippen molar-refractivity contribution in [3.05, 3.63) is 210 Å². The largest absolute Gasteiger partial charge is 0.309 e. The highest BCUT2D eigenvalue weighted by molar-refractivity contribution is 6.00. The molecule has 3 aliphatic carbocycles. The summed E-state index contributed by atoms with van der Waals surface area (Å²) in [5.41, 5.74) is 22.2. The van der Waals surface area contributed by atoms with E-state index in [1.165, 1.54) is 109 Å². The highest BCUT2D eigenvalue weighted by Gasteiger charge is 2.45. The molecule has 0 radical (unpaired) electrons. The first-order valence-electron chi connectivity index (χ1n) is 20.7. The minimum absolute atomic E-state index is 0.0647. The van der Waals surface area contributed by atoms with E-state index in [4.69, 9.17) is 0 Å². The van der Waals surface area contributed by atoms with Crippen LogP contribution in [0.25, 0.3) is 55.6 Å². The number of para-hydroxylation sites is 2. The van der Waals surface area contributed by atoms with E-state index < -0.39 is 0 Å². The molecule has 0 N–H and O–H groups in total. The summed E-state index contributed by atoms with van der Waals surface area (Å²) in [6.07, 6.45) is 5.00. The summed E-state index contributed by atoms with van der Waals surface area (Å²) in [4.78, 5) is 2.51. The Morgan fingerprint density at radius 1 is 0.368 bits per heavy atom. The van der Waals surface area contributed by atoms with Crippen molar-refractivity contribution in [3.63, 3.8) is 0 Å². The van der Waals surface area contributed by atoms with Crippen LogP contribution in [0.4, 0.5) is 17.1 Å². The quantitative estimate of drug-likeness (QED) is 0.165. The Bertz CT molecular complexity index is 2840. The molecule has 274 valence electrons. The second-order valence-corrected chi connectivity index (χ2v) is 16.8. The van der Waals surface area contributed by atoms with Crippen molar-refractivity contribution in [1.29, 1.82) is 0 Å². The van der Waals surface area contributed by atoms with E-state index >= 15 is 0 Å². The van der Waals surface area contributed by atoms with Gasteiger partial charge in [-0.25, -0.2) is 0 Å². The summed E-state index contributed by atoms with van der Waals surface area (Å²) < 4.78 is 0. The van der Waals surface area contributed by atoms with E-state index in [0.717, 1.165) is 11.4 Å². The van der Waals surface area contributed by atoms with Crippen molar-refractivity contribution in [2.24, 2.45) is 0 Å². The summed E-state index contributed by atoms with van der Waals surface area (Å²) >= 11 is 0. The van der Waals surface area contributed by atoms with E-state index in [0.29, 0.717) is 0 Å². The molecule has 57 heavy (non-hydrogen) atoms. The van der Waals surface area contributed by atoms with Crippen LogP contribution in [0.3, 0.4) is 0 Å². The van der Waals surface area contributed by atoms with Gasteiger partial charge < -0.3 is 4.90 Å². The van der Waals surface area contributed by atoms with Crippen LogP contribution in [0.5, 0.6) is 0 Å². The van der Waals surface area contributed by atoms with Crippen molar-refractivity contribution >= 4 is 17.1 Å². The van der Waals surface area contributed by atoms with Crippen LogP contribution in [0, 0.1) is 0 Å². The lowest BCUT2D eigenvalue weighted by molar-refractivity contribution is 0.550. The average molecular weight is 732 g/mol. The highest BCUT2D eigenvalue weighted by Crippen LogP contribution is 2.60. The molecule has 1 fully saturated rings. The molecule has 0 bridgehead atoms. The number of anilines is 3. The molecular weight excluding hydrogens is 687 g/mol. The Kier molecular flexibility index (Phi) is 7.76. The van der Waals surface area contributed by atoms with Crippen LogP contribution < -0.4 is 4.90 Å². The van der Waals surface area contributed by atoms with Gasteiger partial charge in [0, 0.05) is 27.6 Å². The molecule has 0 amide bonds. The van der Waals surface area contributed by atoms with Crippen LogP contribution in [0.15, 0.2) is 188 Å². The van der Waals surface area contributed by atoms with E-state index in [1.807, 2.05) is 0 Å². The molecule has 3 aliphatic rings. The lowest BCUT2D eigenvalue weighted by Gasteiger charge is -2.31. The summed E-state index contributed by atoms with van der Waals surface area (Å²) in [6.45, 7) is 4.73. The zero-order chi connectivity index (χ0) is 38.1. The van der Waals surface area contributed by atoms with Gasteiger partial charge in [-0.05, 0) is 110 Å². The predicted octanol–water partition coefficient (Wildman–Crippen LogP) is 15.3. The summed E-state index contributed by atoms with van der Waals surface area (Å²) in [5.74, 6) is 0. The molecule has 0 heterocycles. The standard InChI is InChI=1S/C56H45N/c1-55(2)48-27-10-6-23-43(48)44-33-32-40(37-51(44)55)39-20-16-21-41(36-39)57(52-30-12-8-22-42(52)38-18-4-3-5-19-38)53-31-13-9-24-45(53)46-26-17-29-50-54(46)47-25-7-11-28-49(47)56(50)34-14-15-35-56/h3-13,16-33,36-37H,14-15,34-35H2,1-2H3. The lowest BCUT2D eigenvalue weighted by Crippen LogP contribution is -2.20. The zero-order valence-corrected chi connectivity index (χ0v) is 32.7. The van der Waals surface area contributed by atoms with Gasteiger partial charge in [-0.3, -0.25) is 0 Å². The smallest absolute Gasteiger partial charge is 0.0540 e. The van der Waals surface area contributed by atoms with Crippen LogP contribution >= 0.6 is 0 Å². The SMILES string of the molecule is CC1(C)c2ccccc2-c2ccc(-c3cccc(N(c4ccccc4-c4ccccc4)c4ccccc4-c4cccc5c4-c4ccccc4C54CCCC4)c3)cc21. The lowest BCUT2D eigenvalue weighted by atomic mass is 9.76. The van der Waals surface area contributed by atoms with Gasteiger partial charge in [-0.2, -0.15) is 0 Å². The van der Waals surface area contributed by atoms with Crippen molar-refractivity contribution in [2.75, 3.05) is 4.90 Å². The van der Waals surface area contributed by atoms with E-state index in [1.54, 1.807) is 0 Å². The molecule has 1 nitrogen and oxygen atoms in total. The molecule has 1 heteroatoms. The number of rotatable bonds is 6. The average Bonchev–Trinajstić information content (AvgIpc) is 3.94. The fourth-order valence-corrected chi connectivity index (χ4v) is 10.8. The normalized spacial score (nSPS) is 15.2. The van der Waals surface area contributed by atoms with Crippen molar-refractivity contribution in [3.8, 4) is 55.6 Å². The summed E-state index contributed by atoms with van der Waals surface area (Å²) in [7, 11) is 0. The Morgan fingerprint density at radius 3 is 1.70 bits per heavy atom. The van der Waals surface area contributed by atoms with Gasteiger partial charge in [0.25, 0.3) is 0 Å². The first-order chi connectivity index (χ1) is 28.0. The van der Waals surface area contributed by atoms with Crippen LogP contribution in [0.2, 0.25) is 0 Å². The van der Waals surface area contributed by atoms with Gasteiger partial charge in [-0.1, -0.05) is 184 Å². The second-order valence-electron chi connectivity index (χ2n) is 16.8. The molecule has 1 spiro atoms. The van der Waals surface area contributed by atoms with Crippen molar-refractivity contribution in [1.82, 2.24) is 0 Å². The summed E-state index contributed by atoms with van der Waals surface area (Å²) in [5, 5.41) is 0. The van der Waals surface area contributed by atoms with Crippen molar-refractivity contribution < 1.29 is 0 Å². The minimum atomic E-state index is -0.0647. The third-order valence-corrected chi connectivity index (χ3v) is 13.4. The number of hydrogen-bond acceptors (Lipinski definition) is 1. The Hall–Kier alpha value is -6.44. The predicted molar refractivity (Wildman–Crippen MR) is 240 cm³/mol. The van der Waals surface area contributed by atoms with E-state index in [9.17, 15) is 0 Å². The molecular formula is C56H45N. The fourth-order valence-electron chi connectivity index (χ4n) is 10.8. The zero-order valence-electron chi connectivity index (χ0n) is 32.7. The number of benzene rings is 8. The maximum atomic E-state index is 2.51. The number of nitrogens with zero attached hydrogens (tertiary/aromatic N) is 1. The Balaban J connectivity index is 1.12. The molecule has 0 saturated heterocycles. The Morgan fingerprint density at radius 2 is 0.912 bits per heavy atom. The molecule has 11 rings (SSSR count). The van der Waals surface area contributed by atoms with E-state index in [2.05, 4.69) is 207 Å². The van der Waals surface area contributed by atoms with Gasteiger partial charge >= 0.3 is 0 Å². The third-order valence-electron chi connectivity index (χ3n) is 13.4.